The zero-order valence-corrected chi connectivity index (χ0v) is 15.3. The predicted octanol–water partition coefficient (Wildman–Crippen LogP) is 4.52. The molecule has 1 aliphatic heterocycles. The molecule has 0 saturated heterocycles. The Balaban J connectivity index is 1.97. The molecule has 0 fully saturated rings. The zero-order chi connectivity index (χ0) is 18.1. The van der Waals surface area contributed by atoms with Crippen molar-refractivity contribution in [3.05, 3.63) is 68.7 Å². The van der Waals surface area contributed by atoms with Gasteiger partial charge >= 0.3 is 0 Å². The lowest BCUT2D eigenvalue weighted by atomic mass is 10.1. The Kier molecular flexibility index (Phi) is 5.04. The second-order valence-electron chi connectivity index (χ2n) is 5.32. The van der Waals surface area contributed by atoms with Crippen LogP contribution in [0.5, 0.6) is 5.75 Å². The average Bonchev–Trinajstić information content (AvgIpc) is 2.80. The van der Waals surface area contributed by atoms with Gasteiger partial charge in [-0.05, 0) is 18.2 Å². The molecule has 7 heteroatoms. The number of carbonyl (C=O) groups excluding carboxylic acids is 2. The van der Waals surface area contributed by atoms with Crippen molar-refractivity contribution in [2.24, 2.45) is 0 Å². The van der Waals surface area contributed by atoms with E-state index in [-0.39, 0.29) is 22.2 Å². The number of halogens is 3. The Labute approximate surface area is 159 Å². The minimum Gasteiger partial charge on any atom is -0.496 e. The second-order valence-corrected chi connectivity index (χ2v) is 6.54. The van der Waals surface area contributed by atoms with Gasteiger partial charge in [-0.15, -0.1) is 0 Å². The largest absolute Gasteiger partial charge is 0.496 e. The van der Waals surface area contributed by atoms with E-state index in [0.717, 1.165) is 4.90 Å². The molecule has 2 aromatic carbocycles. The highest BCUT2D eigenvalue weighted by Crippen LogP contribution is 2.37. The van der Waals surface area contributed by atoms with Gasteiger partial charge in [-0.1, -0.05) is 59.1 Å². The summed E-state index contributed by atoms with van der Waals surface area (Å²) in [5.74, 6) is -0.499. The van der Waals surface area contributed by atoms with Gasteiger partial charge in [0.15, 0.2) is 0 Å². The van der Waals surface area contributed by atoms with E-state index in [0.29, 0.717) is 21.9 Å². The van der Waals surface area contributed by atoms with Crippen LogP contribution in [0.15, 0.2) is 47.5 Å². The third kappa shape index (κ3) is 3.25. The van der Waals surface area contributed by atoms with Crippen LogP contribution in [0.1, 0.15) is 11.1 Å². The van der Waals surface area contributed by atoms with Crippen LogP contribution in [-0.4, -0.2) is 23.8 Å². The quantitative estimate of drug-likeness (QED) is 0.714. The summed E-state index contributed by atoms with van der Waals surface area (Å²) in [7, 11) is 1.52. The second kappa shape index (κ2) is 7.08. The van der Waals surface area contributed by atoms with E-state index in [1.807, 2.05) is 0 Å². The third-order valence-electron chi connectivity index (χ3n) is 3.83. The third-order valence-corrected chi connectivity index (χ3v) is 4.73. The molecule has 3 rings (SSSR count). The van der Waals surface area contributed by atoms with E-state index < -0.39 is 11.8 Å². The normalized spacial score (nSPS) is 14.5. The molecule has 1 heterocycles. The van der Waals surface area contributed by atoms with E-state index >= 15 is 0 Å². The summed E-state index contributed by atoms with van der Waals surface area (Å²) in [6.07, 6.45) is 0. The summed E-state index contributed by atoms with van der Waals surface area (Å²) in [5, 5.41) is 0.512. The van der Waals surface area contributed by atoms with Crippen LogP contribution in [0.3, 0.4) is 0 Å². The van der Waals surface area contributed by atoms with Gasteiger partial charge in [-0.3, -0.25) is 14.5 Å². The number of rotatable bonds is 4. The average molecular weight is 397 g/mol. The van der Waals surface area contributed by atoms with Gasteiger partial charge in [-0.25, -0.2) is 0 Å². The van der Waals surface area contributed by atoms with Crippen molar-refractivity contribution in [1.82, 2.24) is 4.90 Å². The van der Waals surface area contributed by atoms with Crippen LogP contribution in [0.2, 0.25) is 10.0 Å². The van der Waals surface area contributed by atoms with Crippen molar-refractivity contribution in [3.8, 4) is 5.75 Å². The smallest absolute Gasteiger partial charge is 0.273 e. The van der Waals surface area contributed by atoms with E-state index in [9.17, 15) is 9.59 Å². The van der Waals surface area contributed by atoms with Crippen LogP contribution in [0.4, 0.5) is 0 Å². The van der Waals surface area contributed by atoms with Crippen LogP contribution in [-0.2, 0) is 16.1 Å². The highest BCUT2D eigenvalue weighted by Gasteiger charge is 2.39. The first-order chi connectivity index (χ1) is 11.9. The number of hydrogen-bond donors (Lipinski definition) is 0. The van der Waals surface area contributed by atoms with Crippen LogP contribution in [0.25, 0.3) is 5.57 Å². The summed E-state index contributed by atoms with van der Waals surface area (Å²) in [4.78, 5) is 26.4. The Bertz CT molecular complexity index is 908. The minimum atomic E-state index is -0.571. The lowest BCUT2D eigenvalue weighted by Gasteiger charge is -2.17. The lowest BCUT2D eigenvalue weighted by Crippen LogP contribution is -2.31. The molecule has 4 nitrogen and oxygen atoms in total. The van der Waals surface area contributed by atoms with Crippen LogP contribution in [0, 0.1) is 0 Å². The van der Waals surface area contributed by atoms with Crippen LogP contribution < -0.4 is 4.74 Å². The number of imide groups is 1. The Morgan fingerprint density at radius 1 is 1.00 bits per heavy atom. The highest BCUT2D eigenvalue weighted by molar-refractivity contribution is 6.55. The summed E-state index contributed by atoms with van der Waals surface area (Å²) in [6, 6.07) is 11.8. The van der Waals surface area contributed by atoms with E-state index in [1.165, 1.54) is 13.2 Å². The number of methoxy groups -OCH3 is 1. The molecule has 2 aromatic rings. The maximum Gasteiger partial charge on any atom is 0.273 e. The predicted molar refractivity (Wildman–Crippen MR) is 97.8 cm³/mol. The lowest BCUT2D eigenvalue weighted by molar-refractivity contribution is -0.137. The molecule has 0 bridgehead atoms. The van der Waals surface area contributed by atoms with Gasteiger partial charge in [0.25, 0.3) is 11.8 Å². The molecule has 0 radical (unpaired) electrons. The fraction of sp³-hybridized carbons (Fsp3) is 0.111. The summed E-state index contributed by atoms with van der Waals surface area (Å²) < 4.78 is 5.27. The summed E-state index contributed by atoms with van der Waals surface area (Å²) in [6.45, 7) is 0.0482. The Morgan fingerprint density at radius 2 is 1.72 bits per heavy atom. The Morgan fingerprint density at radius 3 is 2.40 bits per heavy atom. The fourth-order valence-corrected chi connectivity index (χ4v) is 3.41. The van der Waals surface area contributed by atoms with Crippen molar-refractivity contribution in [2.75, 3.05) is 7.11 Å². The first kappa shape index (κ1) is 17.8. The van der Waals surface area contributed by atoms with Crippen molar-refractivity contribution >= 4 is 52.2 Å². The molecule has 0 aliphatic carbocycles. The van der Waals surface area contributed by atoms with Gasteiger partial charge in [0.05, 0.1) is 24.3 Å². The Hall–Kier alpha value is -2.01. The number of hydrogen-bond acceptors (Lipinski definition) is 3. The van der Waals surface area contributed by atoms with Crippen LogP contribution >= 0.6 is 34.8 Å². The number of ether oxygens (including phenoxy) is 1. The van der Waals surface area contributed by atoms with Crippen molar-refractivity contribution in [2.45, 2.75) is 6.54 Å². The highest BCUT2D eigenvalue weighted by atomic mass is 35.5. The van der Waals surface area contributed by atoms with Gasteiger partial charge in [0, 0.05) is 16.1 Å². The number of para-hydroxylation sites is 1. The van der Waals surface area contributed by atoms with Crippen molar-refractivity contribution in [1.29, 1.82) is 0 Å². The maximum atomic E-state index is 12.8. The summed E-state index contributed by atoms with van der Waals surface area (Å²) in [5.41, 5.74) is 1.14. The molecule has 1 aliphatic rings. The molecule has 0 spiro atoms. The van der Waals surface area contributed by atoms with Crippen molar-refractivity contribution < 1.29 is 14.3 Å². The SMILES string of the molecule is COc1ccccc1CN1C(=O)C(Cl)=C(c2ccc(Cl)cc2Cl)C1=O. The monoisotopic (exact) mass is 395 g/mol. The first-order valence-corrected chi connectivity index (χ1v) is 8.40. The molecule has 0 saturated carbocycles. The van der Waals surface area contributed by atoms with E-state index in [1.54, 1.807) is 36.4 Å². The van der Waals surface area contributed by atoms with Gasteiger partial charge in [0.1, 0.15) is 10.8 Å². The topological polar surface area (TPSA) is 46.6 Å². The molecule has 0 N–H and O–H groups in total. The minimum absolute atomic E-state index is 0.0482. The summed E-state index contributed by atoms with van der Waals surface area (Å²) >= 11 is 18.2. The molecule has 2 amide bonds. The van der Waals surface area contributed by atoms with Gasteiger partial charge in [0.2, 0.25) is 0 Å². The number of nitrogens with zero attached hydrogens (tertiary/aromatic N) is 1. The van der Waals surface area contributed by atoms with Gasteiger partial charge in [-0.2, -0.15) is 0 Å². The molecular formula is C18H12Cl3NO3. The first-order valence-electron chi connectivity index (χ1n) is 7.27. The molecule has 0 atom stereocenters. The van der Waals surface area contributed by atoms with E-state index in [2.05, 4.69) is 0 Å². The maximum absolute atomic E-state index is 12.8. The zero-order valence-electron chi connectivity index (χ0n) is 13.1. The number of amides is 2. The van der Waals surface area contributed by atoms with Gasteiger partial charge < -0.3 is 4.74 Å². The number of carbonyl (C=O) groups is 2. The molecular weight excluding hydrogens is 385 g/mol. The van der Waals surface area contributed by atoms with Crippen molar-refractivity contribution in [3.63, 3.8) is 0 Å². The fourth-order valence-electron chi connectivity index (χ4n) is 2.62. The molecule has 0 unspecified atom stereocenters. The standard InChI is InChI=1S/C18H12Cl3NO3/c1-25-14-5-3-2-4-10(14)9-22-17(23)15(16(21)18(22)24)12-7-6-11(19)8-13(12)20/h2-8H,9H2,1H3. The molecule has 0 aromatic heterocycles. The number of benzene rings is 2. The van der Waals surface area contributed by atoms with E-state index in [4.69, 9.17) is 39.5 Å². The molecule has 128 valence electrons. The molecule has 25 heavy (non-hydrogen) atoms.